The van der Waals surface area contributed by atoms with Crippen LogP contribution in [0.15, 0.2) is 24.5 Å². The van der Waals surface area contributed by atoms with Gasteiger partial charge in [-0.05, 0) is 110 Å². The van der Waals surface area contributed by atoms with Crippen molar-refractivity contribution in [2.75, 3.05) is 0 Å². The Kier molecular flexibility index (Phi) is 3.99. The third kappa shape index (κ3) is 2.52. The molecule has 5 rings (SSSR count). The van der Waals surface area contributed by atoms with Crippen LogP contribution in [0.25, 0.3) is 0 Å². The zero-order valence-electron chi connectivity index (χ0n) is 16.2. The summed E-state index contributed by atoms with van der Waals surface area (Å²) in [5.74, 6) is 7.00. The van der Waals surface area contributed by atoms with Gasteiger partial charge < -0.3 is 0 Å². The predicted molar refractivity (Wildman–Crippen MR) is 103 cm³/mol. The smallest absolute Gasteiger partial charge is 0.0302 e. The van der Waals surface area contributed by atoms with Gasteiger partial charge in [-0.25, -0.2) is 0 Å². The summed E-state index contributed by atoms with van der Waals surface area (Å²) in [5, 5.41) is 0. The highest BCUT2D eigenvalue weighted by atomic mass is 14.6. The second-order valence-corrected chi connectivity index (χ2v) is 10.3. The summed E-state index contributed by atoms with van der Waals surface area (Å²) >= 11 is 0. The first-order chi connectivity index (χ1) is 12.2. The van der Waals surface area contributed by atoms with E-state index >= 15 is 0 Å². The normalized spacial score (nSPS) is 49.1. The quantitative estimate of drug-likeness (QED) is 0.573. The topological polar surface area (TPSA) is 12.9 Å². The molecule has 0 N–H and O–H groups in total. The highest BCUT2D eigenvalue weighted by molar-refractivity contribution is 5.22. The minimum Gasteiger partial charge on any atom is -0.264 e. The fraction of sp³-hybridized carbons (Fsp3) is 0.792. The molecule has 4 aliphatic rings. The molecule has 0 bridgehead atoms. The van der Waals surface area contributed by atoms with Crippen molar-refractivity contribution < 1.29 is 0 Å². The van der Waals surface area contributed by atoms with Crippen LogP contribution in [-0.2, 0) is 0 Å². The number of rotatable bonds is 1. The molecular weight excluding hydrogens is 302 g/mol. The van der Waals surface area contributed by atoms with Crippen molar-refractivity contribution in [1.82, 2.24) is 4.98 Å². The van der Waals surface area contributed by atoms with Crippen molar-refractivity contribution in [2.24, 2.45) is 40.9 Å². The third-order valence-corrected chi connectivity index (χ3v) is 9.30. The first kappa shape index (κ1) is 16.3. The van der Waals surface area contributed by atoms with Gasteiger partial charge in [-0.1, -0.05) is 26.3 Å². The van der Waals surface area contributed by atoms with E-state index in [0.29, 0.717) is 5.41 Å². The molecule has 0 aromatic carbocycles. The van der Waals surface area contributed by atoms with E-state index in [9.17, 15) is 0 Å². The van der Waals surface area contributed by atoms with Crippen molar-refractivity contribution in [3.63, 3.8) is 0 Å². The highest BCUT2D eigenvalue weighted by Crippen LogP contribution is 2.66. The lowest BCUT2D eigenvalue weighted by Gasteiger charge is -2.56. The Morgan fingerprint density at radius 1 is 0.960 bits per heavy atom. The summed E-state index contributed by atoms with van der Waals surface area (Å²) in [5.41, 5.74) is 2.06. The van der Waals surface area contributed by atoms with E-state index in [1.165, 1.54) is 44.1 Å². The summed E-state index contributed by atoms with van der Waals surface area (Å²) in [4.78, 5) is 4.44. The zero-order valence-corrected chi connectivity index (χ0v) is 16.2. The van der Waals surface area contributed by atoms with Gasteiger partial charge in [0.2, 0.25) is 0 Å². The number of hydrogen-bond acceptors (Lipinski definition) is 1. The minimum atomic E-state index is 0.541. The molecule has 1 nitrogen and oxygen atoms in total. The molecule has 0 radical (unpaired) electrons. The molecule has 4 aliphatic carbocycles. The van der Waals surface area contributed by atoms with Crippen molar-refractivity contribution in [3.05, 3.63) is 30.1 Å². The average molecular weight is 338 g/mol. The van der Waals surface area contributed by atoms with Gasteiger partial charge in [0.05, 0.1) is 0 Å². The minimum absolute atomic E-state index is 0.541. The number of pyridine rings is 1. The van der Waals surface area contributed by atoms with Crippen LogP contribution in [0.3, 0.4) is 0 Å². The molecule has 1 aromatic rings. The van der Waals surface area contributed by atoms with Gasteiger partial charge in [0, 0.05) is 12.4 Å². The van der Waals surface area contributed by atoms with Gasteiger partial charge in [-0.2, -0.15) is 0 Å². The van der Waals surface area contributed by atoms with E-state index in [0.717, 1.165) is 41.4 Å². The second-order valence-electron chi connectivity index (χ2n) is 10.3. The molecule has 25 heavy (non-hydrogen) atoms. The Hall–Kier alpha value is -0.850. The maximum absolute atomic E-state index is 4.44. The zero-order chi connectivity index (χ0) is 17.0. The fourth-order valence-electron chi connectivity index (χ4n) is 8.22. The van der Waals surface area contributed by atoms with E-state index in [-0.39, 0.29) is 0 Å². The van der Waals surface area contributed by atoms with Gasteiger partial charge in [-0.3, -0.25) is 4.98 Å². The van der Waals surface area contributed by atoms with Crippen molar-refractivity contribution in [2.45, 2.75) is 77.6 Å². The predicted octanol–water partition coefficient (Wildman–Crippen LogP) is 6.45. The van der Waals surface area contributed by atoms with Crippen LogP contribution in [0.5, 0.6) is 0 Å². The molecule has 4 saturated carbocycles. The fourth-order valence-corrected chi connectivity index (χ4v) is 8.22. The van der Waals surface area contributed by atoms with Gasteiger partial charge in [0.1, 0.15) is 0 Å². The van der Waals surface area contributed by atoms with Gasteiger partial charge in [0.25, 0.3) is 0 Å². The molecule has 8 unspecified atom stereocenters. The van der Waals surface area contributed by atoms with Crippen LogP contribution in [0.4, 0.5) is 0 Å². The maximum atomic E-state index is 4.44. The van der Waals surface area contributed by atoms with Crippen LogP contribution in [0, 0.1) is 40.9 Å². The van der Waals surface area contributed by atoms with Gasteiger partial charge in [0.15, 0.2) is 0 Å². The summed E-state index contributed by atoms with van der Waals surface area (Å²) in [6.07, 6.45) is 17.6. The standard InChI is InChI=1S/C24H35N/c1-16-5-7-19-17(14-16)6-8-21-20(19)11-12-24(2)22(9-10-23(21)24)18-4-3-13-25-15-18/h3-4,13,15-17,19-23H,5-12,14H2,1-2H3. The third-order valence-electron chi connectivity index (χ3n) is 9.30. The van der Waals surface area contributed by atoms with Crippen LogP contribution in [-0.4, -0.2) is 4.98 Å². The summed E-state index contributed by atoms with van der Waals surface area (Å²) in [7, 11) is 0. The lowest BCUT2D eigenvalue weighted by atomic mass is 9.49. The van der Waals surface area contributed by atoms with Crippen LogP contribution in [0.1, 0.15) is 83.1 Å². The first-order valence-electron chi connectivity index (χ1n) is 11.1. The molecule has 1 aromatic heterocycles. The lowest BCUT2D eigenvalue weighted by molar-refractivity contribution is -0.0595. The van der Waals surface area contributed by atoms with E-state index in [2.05, 4.69) is 37.2 Å². The molecule has 1 heteroatoms. The van der Waals surface area contributed by atoms with Gasteiger partial charge >= 0.3 is 0 Å². The average Bonchev–Trinajstić information content (AvgIpc) is 2.99. The van der Waals surface area contributed by atoms with E-state index in [1.807, 2.05) is 6.20 Å². The second kappa shape index (κ2) is 6.10. The van der Waals surface area contributed by atoms with E-state index < -0.39 is 0 Å². The first-order valence-corrected chi connectivity index (χ1v) is 11.1. The van der Waals surface area contributed by atoms with Crippen molar-refractivity contribution in [1.29, 1.82) is 0 Å². The Labute approximate surface area is 154 Å². The molecule has 8 atom stereocenters. The number of hydrogen-bond donors (Lipinski definition) is 0. The molecule has 0 saturated heterocycles. The Balaban J connectivity index is 1.40. The van der Waals surface area contributed by atoms with E-state index in [4.69, 9.17) is 0 Å². The Morgan fingerprint density at radius 2 is 1.84 bits per heavy atom. The summed E-state index contributed by atoms with van der Waals surface area (Å²) in [6, 6.07) is 4.49. The SMILES string of the molecule is CC1CCC2C(CCC3C2CCC2(C)C(c4cccnc4)CCC32)C1. The number of nitrogens with zero attached hydrogens (tertiary/aromatic N) is 1. The van der Waals surface area contributed by atoms with Crippen LogP contribution in [0.2, 0.25) is 0 Å². The lowest BCUT2D eigenvalue weighted by Crippen LogP contribution is -2.48. The van der Waals surface area contributed by atoms with Crippen molar-refractivity contribution in [3.8, 4) is 0 Å². The molecule has 136 valence electrons. The summed E-state index contributed by atoms with van der Waals surface area (Å²) < 4.78 is 0. The molecule has 4 fully saturated rings. The monoisotopic (exact) mass is 337 g/mol. The maximum Gasteiger partial charge on any atom is 0.0302 e. The van der Waals surface area contributed by atoms with Gasteiger partial charge in [-0.15, -0.1) is 0 Å². The van der Waals surface area contributed by atoms with Crippen LogP contribution >= 0.6 is 0 Å². The van der Waals surface area contributed by atoms with Crippen LogP contribution < -0.4 is 0 Å². The molecular formula is C24H35N. The summed E-state index contributed by atoms with van der Waals surface area (Å²) in [6.45, 7) is 5.14. The largest absolute Gasteiger partial charge is 0.264 e. The molecule has 0 spiro atoms. The molecule has 1 heterocycles. The Bertz CT molecular complexity index is 610. The van der Waals surface area contributed by atoms with Crippen molar-refractivity contribution >= 4 is 0 Å². The number of aromatic nitrogens is 1. The Morgan fingerprint density at radius 3 is 2.68 bits per heavy atom. The van der Waals surface area contributed by atoms with E-state index in [1.54, 1.807) is 19.3 Å². The number of fused-ring (bicyclic) bond motifs is 5. The molecule has 0 aliphatic heterocycles. The highest BCUT2D eigenvalue weighted by Gasteiger charge is 2.57. The molecule has 0 amide bonds.